The summed E-state index contributed by atoms with van der Waals surface area (Å²) in [7, 11) is 1.55. The molecular formula is C22H25ClN3O3+. The summed E-state index contributed by atoms with van der Waals surface area (Å²) < 4.78 is 5.35. The lowest BCUT2D eigenvalue weighted by atomic mass is 10.1. The lowest BCUT2D eigenvalue weighted by Gasteiger charge is -2.36. The number of anilines is 2. The highest BCUT2D eigenvalue weighted by molar-refractivity contribution is 6.30. The lowest BCUT2D eigenvalue weighted by Crippen LogP contribution is -3.19. The van der Waals surface area contributed by atoms with Gasteiger partial charge in [-0.05, 0) is 36.8 Å². The van der Waals surface area contributed by atoms with E-state index < -0.39 is 0 Å². The number of quaternary nitrogens is 1. The van der Waals surface area contributed by atoms with Crippen LogP contribution in [0.5, 0.6) is 5.75 Å². The predicted molar refractivity (Wildman–Crippen MR) is 113 cm³/mol. The van der Waals surface area contributed by atoms with Gasteiger partial charge >= 0.3 is 0 Å². The molecule has 2 aromatic rings. The third-order valence-electron chi connectivity index (χ3n) is 5.88. The van der Waals surface area contributed by atoms with Gasteiger partial charge in [-0.25, -0.2) is 4.90 Å². The van der Waals surface area contributed by atoms with Gasteiger partial charge in [0.05, 0.1) is 45.4 Å². The predicted octanol–water partition coefficient (Wildman–Crippen LogP) is 1.69. The number of aryl methyl sites for hydroxylation is 1. The van der Waals surface area contributed by atoms with Crippen LogP contribution in [0.4, 0.5) is 11.4 Å². The molecule has 2 aliphatic rings. The van der Waals surface area contributed by atoms with Crippen LogP contribution >= 0.6 is 11.6 Å². The third kappa shape index (κ3) is 3.70. The highest BCUT2D eigenvalue weighted by Crippen LogP contribution is 2.31. The van der Waals surface area contributed by atoms with E-state index in [1.165, 1.54) is 10.5 Å². The first-order valence-electron chi connectivity index (χ1n) is 9.85. The minimum absolute atomic E-state index is 0.137. The van der Waals surface area contributed by atoms with E-state index in [1.807, 2.05) is 30.3 Å². The van der Waals surface area contributed by atoms with Gasteiger partial charge in [-0.1, -0.05) is 29.8 Å². The second-order valence-corrected chi connectivity index (χ2v) is 8.01. The number of methoxy groups -OCH3 is 1. The highest BCUT2D eigenvalue weighted by Gasteiger charge is 2.47. The fourth-order valence-corrected chi connectivity index (χ4v) is 4.49. The Morgan fingerprint density at radius 3 is 2.52 bits per heavy atom. The van der Waals surface area contributed by atoms with E-state index in [4.69, 9.17) is 16.3 Å². The number of hydrogen-bond donors (Lipinski definition) is 1. The third-order valence-corrected chi connectivity index (χ3v) is 6.12. The van der Waals surface area contributed by atoms with Gasteiger partial charge in [0.15, 0.2) is 6.04 Å². The smallest absolute Gasteiger partial charge is 0.292 e. The number of carbonyl (C=O) groups is 2. The molecule has 29 heavy (non-hydrogen) atoms. The number of hydrogen-bond acceptors (Lipinski definition) is 4. The summed E-state index contributed by atoms with van der Waals surface area (Å²) in [5.41, 5.74) is 2.86. The molecule has 0 saturated carbocycles. The molecule has 0 radical (unpaired) electrons. The summed E-state index contributed by atoms with van der Waals surface area (Å²) in [6.07, 6.45) is 0.239. The molecule has 2 aromatic carbocycles. The van der Waals surface area contributed by atoms with Gasteiger partial charge in [-0.15, -0.1) is 0 Å². The molecule has 2 amide bonds. The Hall–Kier alpha value is -2.57. The topological polar surface area (TPSA) is 54.3 Å². The summed E-state index contributed by atoms with van der Waals surface area (Å²) in [5.74, 6) is 0.234. The normalized spacial score (nSPS) is 20.4. The van der Waals surface area contributed by atoms with Crippen LogP contribution in [-0.2, 0) is 9.59 Å². The standard InChI is InChI=1S/C22H24ClN3O3/c1-15-7-8-16(23)13-18(15)24-9-11-25(12-10-24)19-14-21(27)26(22(19)28)17-5-3-4-6-20(17)29-2/h3-8,13,19H,9-12,14H2,1-2H3/p+1/t19-/m0/s1. The monoisotopic (exact) mass is 414 g/mol. The zero-order chi connectivity index (χ0) is 20.5. The van der Waals surface area contributed by atoms with Crippen LogP contribution in [0, 0.1) is 6.92 Å². The molecule has 0 unspecified atom stereocenters. The quantitative estimate of drug-likeness (QED) is 0.774. The Morgan fingerprint density at radius 2 is 1.79 bits per heavy atom. The van der Waals surface area contributed by atoms with Crippen molar-refractivity contribution in [1.29, 1.82) is 0 Å². The fraction of sp³-hybridized carbons (Fsp3) is 0.364. The van der Waals surface area contributed by atoms with Crippen molar-refractivity contribution < 1.29 is 19.2 Å². The number of rotatable bonds is 4. The van der Waals surface area contributed by atoms with E-state index in [0.29, 0.717) is 11.4 Å². The molecule has 1 N–H and O–H groups in total. The molecule has 0 spiro atoms. The number of halogens is 1. The lowest BCUT2D eigenvalue weighted by molar-refractivity contribution is -0.915. The average Bonchev–Trinajstić information content (AvgIpc) is 3.03. The molecule has 6 nitrogen and oxygen atoms in total. The van der Waals surface area contributed by atoms with Crippen LogP contribution < -0.4 is 19.4 Å². The average molecular weight is 415 g/mol. The Morgan fingerprint density at radius 1 is 1.07 bits per heavy atom. The van der Waals surface area contributed by atoms with E-state index in [9.17, 15) is 9.59 Å². The van der Waals surface area contributed by atoms with Gasteiger partial charge in [0.25, 0.3) is 5.91 Å². The summed E-state index contributed by atoms with van der Waals surface area (Å²) >= 11 is 6.17. The molecule has 0 aliphatic carbocycles. The number of para-hydroxylation sites is 2. The van der Waals surface area contributed by atoms with Gasteiger partial charge in [-0.3, -0.25) is 9.59 Å². The first kappa shape index (κ1) is 19.7. The molecular weight excluding hydrogens is 390 g/mol. The van der Waals surface area contributed by atoms with E-state index in [0.717, 1.165) is 41.8 Å². The molecule has 2 saturated heterocycles. The van der Waals surface area contributed by atoms with Crippen molar-refractivity contribution in [3.05, 3.63) is 53.1 Å². The molecule has 7 heteroatoms. The van der Waals surface area contributed by atoms with Gasteiger partial charge in [0.2, 0.25) is 5.91 Å². The molecule has 0 aromatic heterocycles. The van der Waals surface area contributed by atoms with Crippen LogP contribution in [0.1, 0.15) is 12.0 Å². The Balaban J connectivity index is 1.47. The Labute approximate surface area is 175 Å². The van der Waals surface area contributed by atoms with Crippen molar-refractivity contribution in [2.75, 3.05) is 43.1 Å². The first-order chi connectivity index (χ1) is 14.0. The highest BCUT2D eigenvalue weighted by atomic mass is 35.5. The zero-order valence-electron chi connectivity index (χ0n) is 16.7. The van der Waals surface area contributed by atoms with Crippen molar-refractivity contribution >= 4 is 34.8 Å². The van der Waals surface area contributed by atoms with E-state index in [2.05, 4.69) is 11.8 Å². The summed E-state index contributed by atoms with van der Waals surface area (Å²) in [4.78, 5) is 30.6. The molecule has 2 fully saturated rings. The number of carbonyl (C=O) groups excluding carboxylic acids is 2. The number of benzene rings is 2. The number of amides is 2. The van der Waals surface area contributed by atoms with Crippen molar-refractivity contribution in [3.63, 3.8) is 0 Å². The Kier molecular flexibility index (Phi) is 5.48. The number of nitrogens with zero attached hydrogens (tertiary/aromatic N) is 2. The van der Waals surface area contributed by atoms with Crippen LogP contribution in [0.15, 0.2) is 42.5 Å². The Bertz CT molecular complexity index is 941. The summed E-state index contributed by atoms with van der Waals surface area (Å²) in [6, 6.07) is 12.7. The van der Waals surface area contributed by atoms with Crippen molar-refractivity contribution in [1.82, 2.24) is 0 Å². The van der Waals surface area contributed by atoms with Crippen molar-refractivity contribution in [2.24, 2.45) is 0 Å². The van der Waals surface area contributed by atoms with Gasteiger partial charge in [0, 0.05) is 10.7 Å². The number of nitrogens with one attached hydrogen (secondary N) is 1. The molecule has 1 atom stereocenters. The summed E-state index contributed by atoms with van der Waals surface area (Å²) in [6.45, 7) is 5.33. The molecule has 0 bridgehead atoms. The fourth-order valence-electron chi connectivity index (χ4n) is 4.33. The number of ether oxygens (including phenoxy) is 1. The van der Waals surface area contributed by atoms with E-state index in [1.54, 1.807) is 19.2 Å². The van der Waals surface area contributed by atoms with Crippen LogP contribution in [-0.4, -0.2) is 51.1 Å². The number of piperazine rings is 1. The minimum Gasteiger partial charge on any atom is -0.495 e. The molecule has 2 aliphatic heterocycles. The van der Waals surface area contributed by atoms with E-state index >= 15 is 0 Å². The van der Waals surface area contributed by atoms with Gasteiger partial charge in [-0.2, -0.15) is 0 Å². The maximum absolute atomic E-state index is 13.1. The van der Waals surface area contributed by atoms with Gasteiger partial charge < -0.3 is 14.5 Å². The van der Waals surface area contributed by atoms with E-state index in [-0.39, 0.29) is 24.3 Å². The molecule has 2 heterocycles. The largest absolute Gasteiger partial charge is 0.495 e. The molecule has 152 valence electrons. The minimum atomic E-state index is -0.338. The first-order valence-corrected chi connectivity index (χ1v) is 10.2. The SMILES string of the molecule is COc1ccccc1N1C(=O)C[C@H]([NH+]2CCN(c3cc(Cl)ccc3C)CC2)C1=O. The summed E-state index contributed by atoms with van der Waals surface area (Å²) in [5, 5.41) is 0.726. The van der Waals surface area contributed by atoms with Crippen LogP contribution in [0.25, 0.3) is 0 Å². The number of imide groups is 1. The van der Waals surface area contributed by atoms with Gasteiger partial charge in [0.1, 0.15) is 5.75 Å². The van der Waals surface area contributed by atoms with Crippen LogP contribution in [0.3, 0.4) is 0 Å². The van der Waals surface area contributed by atoms with Crippen molar-refractivity contribution in [2.45, 2.75) is 19.4 Å². The van der Waals surface area contributed by atoms with Crippen LogP contribution in [0.2, 0.25) is 5.02 Å². The maximum atomic E-state index is 13.1. The second kappa shape index (κ2) is 8.05. The maximum Gasteiger partial charge on any atom is 0.292 e. The zero-order valence-corrected chi connectivity index (χ0v) is 17.4. The second-order valence-electron chi connectivity index (χ2n) is 7.57. The molecule has 4 rings (SSSR count). The van der Waals surface area contributed by atoms with Crippen molar-refractivity contribution in [3.8, 4) is 5.75 Å².